The molecule has 1 aliphatic heterocycles. The number of aromatic hydroxyl groups is 5. The number of phenolic OH excluding ortho intramolecular Hbond substituents is 5. The van der Waals surface area contributed by atoms with Gasteiger partial charge in [-0.3, -0.25) is 4.79 Å². The molecule has 14 nitrogen and oxygen atoms in total. The number of esters is 1. The molecule has 1 fully saturated rings. The lowest BCUT2D eigenvalue weighted by Crippen LogP contribution is -2.56. The number of fused-ring (bicyclic) bond motifs is 1. The molecule has 0 bridgehead atoms. The van der Waals surface area contributed by atoms with Crippen molar-refractivity contribution in [1.29, 1.82) is 0 Å². The van der Waals surface area contributed by atoms with Crippen molar-refractivity contribution in [2.45, 2.75) is 30.5 Å². The van der Waals surface area contributed by atoms with Gasteiger partial charge in [0.05, 0.1) is 19.3 Å². The Hall–Kier alpha value is -5.28. The van der Waals surface area contributed by atoms with Crippen LogP contribution < -0.4 is 10.2 Å². The van der Waals surface area contributed by atoms with Gasteiger partial charge in [-0.1, -0.05) is 6.07 Å². The molecule has 1 aromatic heterocycles. The Bertz CT molecular complexity index is 1840. The smallest absolute Gasteiger partial charge is 0.331 e. The Kier molecular flexibility index (Phi) is 8.57. The first-order chi connectivity index (χ1) is 21.4. The van der Waals surface area contributed by atoms with Gasteiger partial charge in [-0.15, -0.1) is 0 Å². The number of aliphatic hydroxyl groups is 3. The highest BCUT2D eigenvalue weighted by molar-refractivity contribution is 5.90. The molecule has 0 spiro atoms. The molecule has 0 radical (unpaired) electrons. The summed E-state index contributed by atoms with van der Waals surface area (Å²) in [5, 5.41) is 82.0. The Morgan fingerprint density at radius 2 is 1.62 bits per heavy atom. The molecular weight excluding hydrogens is 596 g/mol. The van der Waals surface area contributed by atoms with Crippen molar-refractivity contribution in [2.75, 3.05) is 13.7 Å². The number of aliphatic hydroxyl groups excluding tert-OH is 3. The molecule has 0 saturated carbocycles. The Morgan fingerprint density at radius 1 is 0.889 bits per heavy atom. The largest absolute Gasteiger partial charge is 0.507 e. The molecule has 2 heterocycles. The van der Waals surface area contributed by atoms with Crippen molar-refractivity contribution in [3.8, 4) is 45.8 Å². The third-order valence-electron chi connectivity index (χ3n) is 7.28. The van der Waals surface area contributed by atoms with Crippen LogP contribution in [0.3, 0.4) is 0 Å². The van der Waals surface area contributed by atoms with E-state index in [1.54, 1.807) is 0 Å². The van der Waals surface area contributed by atoms with Gasteiger partial charge in [0.25, 0.3) is 0 Å². The summed E-state index contributed by atoms with van der Waals surface area (Å²) in [4.78, 5) is 26.1. The fraction of sp³-hybridized carbons (Fsp3) is 0.226. The van der Waals surface area contributed by atoms with Crippen LogP contribution in [0.15, 0.2) is 63.8 Å². The summed E-state index contributed by atoms with van der Waals surface area (Å²) in [6, 6.07) is 9.61. The number of hydrogen-bond donors (Lipinski definition) is 8. The third-order valence-corrected chi connectivity index (χ3v) is 7.28. The molecule has 5 atom stereocenters. The molecule has 3 aromatic carbocycles. The van der Waals surface area contributed by atoms with Gasteiger partial charge in [0.15, 0.2) is 40.1 Å². The van der Waals surface area contributed by atoms with Crippen molar-refractivity contribution in [2.24, 2.45) is 0 Å². The lowest BCUT2D eigenvalue weighted by atomic mass is 9.89. The van der Waals surface area contributed by atoms with Crippen LogP contribution in [0, 0.1) is 0 Å². The van der Waals surface area contributed by atoms with E-state index >= 15 is 0 Å². The predicted octanol–water partition coefficient (Wildman–Crippen LogP) is 1.78. The lowest BCUT2D eigenvalue weighted by Gasteiger charge is -2.41. The van der Waals surface area contributed by atoms with Crippen LogP contribution in [0.4, 0.5) is 0 Å². The van der Waals surface area contributed by atoms with Gasteiger partial charge in [0.2, 0.25) is 0 Å². The second-order valence-electron chi connectivity index (χ2n) is 10.1. The summed E-state index contributed by atoms with van der Waals surface area (Å²) in [5.74, 6) is -3.59. The maximum absolute atomic E-state index is 13.2. The van der Waals surface area contributed by atoms with E-state index in [1.807, 2.05) is 0 Å². The minimum Gasteiger partial charge on any atom is -0.507 e. The van der Waals surface area contributed by atoms with E-state index in [-0.39, 0.29) is 28.4 Å². The van der Waals surface area contributed by atoms with E-state index in [2.05, 4.69) is 0 Å². The molecule has 4 aromatic rings. The Morgan fingerprint density at radius 3 is 2.31 bits per heavy atom. The molecule has 1 aliphatic rings. The summed E-state index contributed by atoms with van der Waals surface area (Å²) in [6.07, 6.45) is -6.26. The monoisotopic (exact) mass is 624 g/mol. The minimum absolute atomic E-state index is 0.116. The van der Waals surface area contributed by atoms with Crippen molar-refractivity contribution in [1.82, 2.24) is 0 Å². The number of phenols is 5. The molecule has 14 heteroatoms. The zero-order chi connectivity index (χ0) is 32.6. The predicted molar refractivity (Wildman–Crippen MR) is 155 cm³/mol. The van der Waals surface area contributed by atoms with Gasteiger partial charge in [-0.2, -0.15) is 0 Å². The van der Waals surface area contributed by atoms with Crippen LogP contribution in [0.2, 0.25) is 0 Å². The number of hydrogen-bond acceptors (Lipinski definition) is 14. The van der Waals surface area contributed by atoms with E-state index in [1.165, 1.54) is 37.5 Å². The highest BCUT2D eigenvalue weighted by Gasteiger charge is 2.49. The second-order valence-corrected chi connectivity index (χ2v) is 10.1. The van der Waals surface area contributed by atoms with Gasteiger partial charge in [0.1, 0.15) is 47.1 Å². The van der Waals surface area contributed by atoms with Gasteiger partial charge < -0.3 is 59.5 Å². The topological polar surface area (TPSA) is 237 Å². The van der Waals surface area contributed by atoms with Crippen molar-refractivity contribution in [3.05, 3.63) is 76.0 Å². The number of carbonyl (C=O) groups excluding carboxylic acids is 1. The maximum atomic E-state index is 13.2. The van der Waals surface area contributed by atoms with Gasteiger partial charge >= 0.3 is 5.97 Å². The Balaban J connectivity index is 1.60. The van der Waals surface area contributed by atoms with Crippen LogP contribution in [0.25, 0.3) is 28.4 Å². The molecular formula is C31H28O14. The van der Waals surface area contributed by atoms with Crippen LogP contribution in [-0.4, -0.2) is 85.0 Å². The first-order valence-corrected chi connectivity index (χ1v) is 13.4. The maximum Gasteiger partial charge on any atom is 0.331 e. The number of benzene rings is 3. The van der Waals surface area contributed by atoms with Crippen LogP contribution in [0.5, 0.6) is 34.5 Å². The normalized spacial score (nSPS) is 21.6. The number of ether oxygens (including phenoxy) is 3. The first kappa shape index (κ1) is 31.2. The molecule has 0 amide bonds. The molecule has 45 heavy (non-hydrogen) atoms. The lowest BCUT2D eigenvalue weighted by molar-refractivity contribution is -0.239. The van der Waals surface area contributed by atoms with Crippen molar-refractivity contribution < 1.29 is 64.3 Å². The van der Waals surface area contributed by atoms with E-state index < -0.39 is 82.5 Å². The van der Waals surface area contributed by atoms with Crippen LogP contribution >= 0.6 is 0 Å². The number of carbonyl (C=O) groups is 1. The van der Waals surface area contributed by atoms with Crippen molar-refractivity contribution in [3.63, 3.8) is 0 Å². The summed E-state index contributed by atoms with van der Waals surface area (Å²) < 4.78 is 22.2. The summed E-state index contributed by atoms with van der Waals surface area (Å²) >= 11 is 0. The molecule has 236 valence electrons. The SMILES string of the molecule is COc1cc(/C=C/C(=O)OC2[C@@H](O)[C@H](O)C(CO)O[C@H]2c2c(O)cc(O)c3c(=O)cc(-c4ccc(O)c(O)c4)oc23)ccc1O. The van der Waals surface area contributed by atoms with E-state index in [0.29, 0.717) is 5.56 Å². The second kappa shape index (κ2) is 12.4. The zero-order valence-corrected chi connectivity index (χ0v) is 23.4. The summed E-state index contributed by atoms with van der Waals surface area (Å²) in [7, 11) is 1.34. The quantitative estimate of drug-likeness (QED) is 0.0831. The van der Waals surface area contributed by atoms with E-state index in [0.717, 1.165) is 30.3 Å². The average molecular weight is 625 g/mol. The first-order valence-electron chi connectivity index (χ1n) is 13.4. The average Bonchev–Trinajstić information content (AvgIpc) is 3.00. The summed E-state index contributed by atoms with van der Waals surface area (Å²) in [5.41, 5.74) is -1.09. The molecule has 2 unspecified atom stereocenters. The highest BCUT2D eigenvalue weighted by atomic mass is 16.6. The van der Waals surface area contributed by atoms with Crippen LogP contribution in [-0.2, 0) is 14.3 Å². The van der Waals surface area contributed by atoms with Gasteiger partial charge in [-0.25, -0.2) is 4.79 Å². The van der Waals surface area contributed by atoms with Crippen molar-refractivity contribution >= 4 is 23.0 Å². The van der Waals surface area contributed by atoms with Gasteiger partial charge in [-0.05, 0) is 42.0 Å². The summed E-state index contributed by atoms with van der Waals surface area (Å²) in [6.45, 7) is -0.809. The van der Waals surface area contributed by atoms with Gasteiger partial charge in [0, 0.05) is 23.8 Å². The van der Waals surface area contributed by atoms with Crippen LogP contribution in [0.1, 0.15) is 17.2 Å². The zero-order valence-electron chi connectivity index (χ0n) is 23.4. The van der Waals surface area contributed by atoms with E-state index in [9.17, 15) is 50.4 Å². The fourth-order valence-electron chi connectivity index (χ4n) is 5.01. The molecule has 8 N–H and O–H groups in total. The molecule has 1 saturated heterocycles. The molecule has 0 aliphatic carbocycles. The fourth-order valence-corrected chi connectivity index (χ4v) is 5.01. The minimum atomic E-state index is -1.89. The standard InChI is InChI=1S/C31H28O14/c1-42-22-8-13(2-5-16(22)34)3-7-24(39)45-31-28(41)27(40)23(12-32)44-30(31)26-19(37)10-18(36)25-20(38)11-21(43-29(25)26)14-4-6-15(33)17(35)9-14/h2-11,23,27-28,30-37,40-41H,12H2,1H3/b7-3+/t23?,27-,28+,30+,31?/m1/s1. The number of methoxy groups -OCH3 is 1. The highest BCUT2D eigenvalue weighted by Crippen LogP contribution is 2.45. The van der Waals surface area contributed by atoms with E-state index in [4.69, 9.17) is 18.6 Å². The Labute approximate surface area is 253 Å². The third kappa shape index (κ3) is 5.94. The number of rotatable bonds is 7. The molecule has 5 rings (SSSR count).